The molecule has 0 aromatic carbocycles. The third-order valence-electron chi connectivity index (χ3n) is 5.63. The van der Waals surface area contributed by atoms with Crippen LogP contribution in [0.2, 0.25) is 0 Å². The fourth-order valence-corrected chi connectivity index (χ4v) is 4.03. The highest BCUT2D eigenvalue weighted by atomic mass is 16.2. The summed E-state index contributed by atoms with van der Waals surface area (Å²) < 4.78 is 1.83. The van der Waals surface area contributed by atoms with Crippen molar-refractivity contribution in [1.29, 1.82) is 0 Å². The van der Waals surface area contributed by atoms with Gasteiger partial charge in [-0.3, -0.25) is 0 Å². The van der Waals surface area contributed by atoms with Crippen LogP contribution in [-0.4, -0.2) is 60.2 Å². The predicted octanol–water partition coefficient (Wildman–Crippen LogP) is 1.75. The lowest BCUT2D eigenvalue weighted by Crippen LogP contribution is -2.46. The van der Waals surface area contributed by atoms with Crippen LogP contribution in [0.3, 0.4) is 0 Å². The molecule has 0 spiro atoms. The fourth-order valence-electron chi connectivity index (χ4n) is 4.03. The van der Waals surface area contributed by atoms with Gasteiger partial charge in [0.1, 0.15) is 5.65 Å². The summed E-state index contributed by atoms with van der Waals surface area (Å²) in [6.07, 6.45) is 9.29. The number of aryl methyl sites for hydroxylation is 2. The zero-order chi connectivity index (χ0) is 18.9. The summed E-state index contributed by atoms with van der Waals surface area (Å²) in [7, 11) is 0. The van der Waals surface area contributed by atoms with E-state index in [0.29, 0.717) is 13.1 Å². The van der Waals surface area contributed by atoms with E-state index in [-0.39, 0.29) is 12.1 Å². The van der Waals surface area contributed by atoms with Gasteiger partial charge in [0.15, 0.2) is 5.82 Å². The molecule has 9 heteroatoms. The average molecular weight is 378 g/mol. The molecular formula is C19H22N8O. The van der Waals surface area contributed by atoms with Gasteiger partial charge in [-0.15, -0.1) is 5.10 Å². The summed E-state index contributed by atoms with van der Waals surface area (Å²) >= 11 is 0. The molecule has 3 aromatic rings. The van der Waals surface area contributed by atoms with Crippen LogP contribution in [0.25, 0.3) is 16.6 Å². The van der Waals surface area contributed by atoms with E-state index in [1.165, 1.54) is 11.1 Å². The number of fused-ring (bicyclic) bond motifs is 2. The monoisotopic (exact) mass is 378 g/mol. The van der Waals surface area contributed by atoms with Crippen molar-refractivity contribution in [3.63, 3.8) is 0 Å². The van der Waals surface area contributed by atoms with E-state index in [9.17, 15) is 4.79 Å². The van der Waals surface area contributed by atoms with E-state index in [4.69, 9.17) is 0 Å². The molecule has 144 valence electrons. The smallest absolute Gasteiger partial charge is 0.317 e. The Morgan fingerprint density at radius 2 is 2.21 bits per heavy atom. The van der Waals surface area contributed by atoms with Crippen LogP contribution in [0.15, 0.2) is 30.6 Å². The molecule has 28 heavy (non-hydrogen) atoms. The van der Waals surface area contributed by atoms with Crippen LogP contribution in [0.5, 0.6) is 0 Å². The molecule has 1 atom stereocenters. The maximum Gasteiger partial charge on any atom is 0.317 e. The molecular weight excluding hydrogens is 356 g/mol. The highest BCUT2D eigenvalue weighted by Gasteiger charge is 2.24. The summed E-state index contributed by atoms with van der Waals surface area (Å²) in [6.45, 7) is 2.07. The van der Waals surface area contributed by atoms with Crippen LogP contribution < -0.4 is 5.32 Å². The molecule has 2 aliphatic heterocycles. The second kappa shape index (κ2) is 7.06. The van der Waals surface area contributed by atoms with Crippen molar-refractivity contribution in [3.8, 4) is 0 Å². The standard InChI is InChI=1S/C19H22N8O/c28-19(22-14-3-4-17-23-24-25-27(17)11-7-14)26-9-5-13(6-10-26)16-12-21-18-15(16)2-1-8-20-18/h1-2,5,8,12,14H,3-4,6-7,9-11H2,(H,20,21)(H,22,28). The van der Waals surface area contributed by atoms with Crippen LogP contribution in [-0.2, 0) is 13.0 Å². The predicted molar refractivity (Wildman–Crippen MR) is 103 cm³/mol. The Labute approximate surface area is 161 Å². The normalized spacial score (nSPS) is 19.8. The first-order valence-corrected chi connectivity index (χ1v) is 9.70. The number of nitrogens with zero attached hydrogens (tertiary/aromatic N) is 6. The number of tetrazole rings is 1. The van der Waals surface area contributed by atoms with Gasteiger partial charge in [0.05, 0.1) is 0 Å². The average Bonchev–Trinajstić information content (AvgIpc) is 3.32. The number of carbonyl (C=O) groups excluding carboxylic acids is 1. The lowest BCUT2D eigenvalue weighted by atomic mass is 10.00. The number of urea groups is 1. The van der Waals surface area contributed by atoms with E-state index in [2.05, 4.69) is 43.0 Å². The van der Waals surface area contributed by atoms with Gasteiger partial charge < -0.3 is 15.2 Å². The molecule has 0 radical (unpaired) electrons. The Morgan fingerprint density at radius 1 is 1.25 bits per heavy atom. The van der Waals surface area contributed by atoms with Gasteiger partial charge in [0, 0.05) is 55.4 Å². The van der Waals surface area contributed by atoms with Crippen molar-refractivity contribution >= 4 is 22.6 Å². The Balaban J connectivity index is 1.21. The number of carbonyl (C=O) groups is 1. The Morgan fingerprint density at radius 3 is 3.11 bits per heavy atom. The van der Waals surface area contributed by atoms with Crippen LogP contribution in [0.1, 0.15) is 30.7 Å². The second-order valence-corrected chi connectivity index (χ2v) is 7.32. The SMILES string of the molecule is O=C(NC1CCc2nnnn2CC1)N1CC=C(c2c[nH]c3ncccc23)CC1. The van der Waals surface area contributed by atoms with E-state index in [0.717, 1.165) is 49.1 Å². The molecule has 2 N–H and O–H groups in total. The summed E-state index contributed by atoms with van der Waals surface area (Å²) in [5.74, 6) is 0.899. The molecule has 0 saturated heterocycles. The number of rotatable bonds is 2. The summed E-state index contributed by atoms with van der Waals surface area (Å²) in [5, 5.41) is 16.1. The number of hydrogen-bond acceptors (Lipinski definition) is 5. The van der Waals surface area contributed by atoms with E-state index >= 15 is 0 Å². The zero-order valence-corrected chi connectivity index (χ0v) is 15.5. The number of hydrogen-bond donors (Lipinski definition) is 2. The van der Waals surface area contributed by atoms with E-state index in [1.807, 2.05) is 21.8 Å². The van der Waals surface area contributed by atoms with Crippen molar-refractivity contribution in [1.82, 2.24) is 40.4 Å². The number of aromatic amines is 1. The van der Waals surface area contributed by atoms with Crippen LogP contribution >= 0.6 is 0 Å². The maximum atomic E-state index is 12.7. The van der Waals surface area contributed by atoms with Crippen molar-refractivity contribution in [3.05, 3.63) is 42.0 Å². The molecule has 1 unspecified atom stereocenters. The van der Waals surface area contributed by atoms with Gasteiger partial charge in [-0.25, -0.2) is 14.5 Å². The first-order chi connectivity index (χ1) is 13.8. The third kappa shape index (κ3) is 3.12. The number of nitrogens with one attached hydrogen (secondary N) is 2. The molecule has 0 fully saturated rings. The molecule has 3 aromatic heterocycles. The molecule has 2 aliphatic rings. The van der Waals surface area contributed by atoms with E-state index < -0.39 is 0 Å². The number of amides is 2. The number of H-pyrrole nitrogens is 1. The minimum absolute atomic E-state index is 0.00604. The number of pyridine rings is 1. The van der Waals surface area contributed by atoms with Gasteiger partial charge in [0.2, 0.25) is 0 Å². The van der Waals surface area contributed by atoms with Gasteiger partial charge in [-0.05, 0) is 47.4 Å². The third-order valence-corrected chi connectivity index (χ3v) is 5.63. The molecule has 2 amide bonds. The van der Waals surface area contributed by atoms with Crippen molar-refractivity contribution in [2.75, 3.05) is 13.1 Å². The quantitative estimate of drug-likeness (QED) is 0.707. The Hall–Kier alpha value is -3.23. The molecule has 9 nitrogen and oxygen atoms in total. The van der Waals surface area contributed by atoms with Crippen LogP contribution in [0.4, 0.5) is 4.79 Å². The van der Waals surface area contributed by atoms with E-state index in [1.54, 1.807) is 6.20 Å². The van der Waals surface area contributed by atoms with Crippen molar-refractivity contribution in [2.45, 2.75) is 38.3 Å². The van der Waals surface area contributed by atoms with Crippen LogP contribution in [0, 0.1) is 0 Å². The summed E-state index contributed by atoms with van der Waals surface area (Å²) in [4.78, 5) is 22.2. The zero-order valence-electron chi connectivity index (χ0n) is 15.5. The van der Waals surface area contributed by atoms with Crippen molar-refractivity contribution in [2.24, 2.45) is 0 Å². The minimum atomic E-state index is 0.00604. The molecule has 0 aliphatic carbocycles. The Kier molecular flexibility index (Phi) is 4.27. The number of aromatic nitrogens is 6. The topological polar surface area (TPSA) is 105 Å². The van der Waals surface area contributed by atoms with Crippen molar-refractivity contribution < 1.29 is 4.79 Å². The van der Waals surface area contributed by atoms with Gasteiger partial charge in [0.25, 0.3) is 0 Å². The lowest BCUT2D eigenvalue weighted by molar-refractivity contribution is 0.197. The molecule has 5 rings (SSSR count). The molecule has 0 saturated carbocycles. The second-order valence-electron chi connectivity index (χ2n) is 7.32. The Bertz CT molecular complexity index is 1010. The largest absolute Gasteiger partial charge is 0.346 e. The molecule has 5 heterocycles. The van der Waals surface area contributed by atoms with Gasteiger partial charge in [-0.1, -0.05) is 6.08 Å². The molecule has 0 bridgehead atoms. The fraction of sp³-hybridized carbons (Fsp3) is 0.421. The highest BCUT2D eigenvalue weighted by molar-refractivity contribution is 5.91. The minimum Gasteiger partial charge on any atom is -0.346 e. The first kappa shape index (κ1) is 16.9. The lowest BCUT2D eigenvalue weighted by Gasteiger charge is -2.28. The first-order valence-electron chi connectivity index (χ1n) is 9.70. The van der Waals surface area contributed by atoms with Gasteiger partial charge >= 0.3 is 6.03 Å². The van der Waals surface area contributed by atoms with Gasteiger partial charge in [-0.2, -0.15) is 0 Å². The summed E-state index contributed by atoms with van der Waals surface area (Å²) in [5.41, 5.74) is 3.35. The summed E-state index contributed by atoms with van der Waals surface area (Å²) in [6, 6.07) is 4.18. The highest BCUT2D eigenvalue weighted by Crippen LogP contribution is 2.28. The maximum absolute atomic E-state index is 12.7.